The van der Waals surface area contributed by atoms with Gasteiger partial charge in [0.2, 0.25) is 0 Å². The molecule has 0 radical (unpaired) electrons. The molecule has 0 N–H and O–H groups in total. The molecule has 63 heavy (non-hydrogen) atoms. The Balaban J connectivity index is 1.20. The summed E-state index contributed by atoms with van der Waals surface area (Å²) in [4.78, 5) is 54.9. The SMILES string of the molecule is COc1cc(C=CC(=O)CC(=O)C=Cc2ccc(OC(=O)CCCc3ccc(N(CCCl)CCCl)cc3)c(OC)c2)ccc1OC(=O)CCCc1ccc(N(CCCl)CCCl)cc1. The van der Waals surface area contributed by atoms with E-state index >= 15 is 0 Å². The Morgan fingerprint density at radius 2 is 0.873 bits per heavy atom. The summed E-state index contributed by atoms with van der Waals surface area (Å²) in [5, 5.41) is 0. The van der Waals surface area contributed by atoms with E-state index in [9.17, 15) is 19.2 Å². The van der Waals surface area contributed by atoms with Gasteiger partial charge in [0.25, 0.3) is 0 Å². The molecule has 0 unspecified atom stereocenters. The van der Waals surface area contributed by atoms with Gasteiger partial charge in [0.1, 0.15) is 0 Å². The van der Waals surface area contributed by atoms with Crippen LogP contribution in [-0.4, -0.2) is 87.4 Å². The number of ether oxygens (including phenoxy) is 4. The minimum absolute atomic E-state index is 0.215. The summed E-state index contributed by atoms with van der Waals surface area (Å²) < 4.78 is 22.1. The van der Waals surface area contributed by atoms with Crippen molar-refractivity contribution in [2.75, 3.05) is 73.7 Å². The zero-order chi connectivity index (χ0) is 45.4. The van der Waals surface area contributed by atoms with Gasteiger partial charge in [-0.3, -0.25) is 19.2 Å². The molecule has 0 fully saturated rings. The molecule has 4 rings (SSSR count). The van der Waals surface area contributed by atoms with E-state index in [2.05, 4.69) is 9.80 Å². The second-order valence-electron chi connectivity index (χ2n) is 14.3. The number of benzene rings is 4. The van der Waals surface area contributed by atoms with Gasteiger partial charge in [0.05, 0.1) is 20.6 Å². The molecule has 0 heterocycles. The summed E-state index contributed by atoms with van der Waals surface area (Å²) >= 11 is 23.7. The molecule has 0 aliphatic rings. The Bertz CT molecular complexity index is 1980. The molecule has 0 aliphatic carbocycles. The van der Waals surface area contributed by atoms with Crippen LogP contribution < -0.4 is 28.7 Å². The van der Waals surface area contributed by atoms with Gasteiger partial charge in [0.15, 0.2) is 34.6 Å². The van der Waals surface area contributed by atoms with Crippen molar-refractivity contribution in [1.29, 1.82) is 0 Å². The molecule has 0 aromatic heterocycles. The number of carbonyl (C=O) groups excluding carboxylic acids is 4. The first-order chi connectivity index (χ1) is 30.6. The quantitative estimate of drug-likeness (QED) is 0.0179. The third-order valence-electron chi connectivity index (χ3n) is 9.81. The number of ketones is 2. The van der Waals surface area contributed by atoms with Gasteiger partial charge in [-0.25, -0.2) is 0 Å². The van der Waals surface area contributed by atoms with Crippen LogP contribution in [0.1, 0.15) is 54.4 Å². The Morgan fingerprint density at radius 3 is 1.21 bits per heavy atom. The number of hydrogen-bond donors (Lipinski definition) is 0. The van der Waals surface area contributed by atoms with E-state index in [0.717, 1.165) is 22.5 Å². The van der Waals surface area contributed by atoms with Crippen molar-refractivity contribution in [1.82, 2.24) is 0 Å². The molecule has 0 saturated heterocycles. The molecule has 0 saturated carbocycles. The van der Waals surface area contributed by atoms with Crippen LogP contribution in [0, 0.1) is 0 Å². The molecular formula is C49H54Cl4N2O8. The Labute approximate surface area is 390 Å². The minimum Gasteiger partial charge on any atom is -0.493 e. The first kappa shape index (κ1) is 50.6. The topological polar surface area (TPSA) is 112 Å². The summed E-state index contributed by atoms with van der Waals surface area (Å²) in [6, 6.07) is 26.2. The number of allylic oxidation sites excluding steroid dienone is 2. The van der Waals surface area contributed by atoms with E-state index in [-0.39, 0.29) is 30.8 Å². The van der Waals surface area contributed by atoms with Crippen molar-refractivity contribution in [3.8, 4) is 23.0 Å². The largest absolute Gasteiger partial charge is 0.493 e. The molecule has 10 nitrogen and oxygen atoms in total. The highest BCUT2D eigenvalue weighted by Crippen LogP contribution is 2.31. The van der Waals surface area contributed by atoms with Gasteiger partial charge in [-0.1, -0.05) is 48.6 Å². The lowest BCUT2D eigenvalue weighted by molar-refractivity contribution is -0.135. The van der Waals surface area contributed by atoms with Crippen molar-refractivity contribution in [2.24, 2.45) is 0 Å². The number of carbonyl (C=O) groups is 4. The molecule has 4 aromatic rings. The van der Waals surface area contributed by atoms with Crippen LogP contribution in [0.15, 0.2) is 97.1 Å². The maximum absolute atomic E-state index is 12.7. The van der Waals surface area contributed by atoms with E-state index < -0.39 is 23.5 Å². The Kier molecular flexibility index (Phi) is 22.5. The van der Waals surface area contributed by atoms with Crippen LogP contribution in [0.2, 0.25) is 0 Å². The fraction of sp³-hybridized carbons (Fsp3) is 0.347. The molecule has 0 aliphatic heterocycles. The first-order valence-electron chi connectivity index (χ1n) is 20.7. The van der Waals surface area contributed by atoms with Crippen LogP contribution in [-0.2, 0) is 32.0 Å². The third-order valence-corrected chi connectivity index (χ3v) is 10.5. The van der Waals surface area contributed by atoms with Gasteiger partial charge in [-0.15, -0.1) is 46.4 Å². The highest BCUT2D eigenvalue weighted by molar-refractivity contribution is 6.19. The van der Waals surface area contributed by atoms with Gasteiger partial charge < -0.3 is 28.7 Å². The molecule has 14 heteroatoms. The number of esters is 2. The van der Waals surface area contributed by atoms with Crippen LogP contribution in [0.3, 0.4) is 0 Å². The molecule has 336 valence electrons. The molecule has 0 atom stereocenters. The summed E-state index contributed by atoms with van der Waals surface area (Å²) in [5.74, 6) is 1.65. The number of halogens is 4. The van der Waals surface area contributed by atoms with Crippen molar-refractivity contribution in [2.45, 2.75) is 44.9 Å². The van der Waals surface area contributed by atoms with Crippen LogP contribution in [0.25, 0.3) is 12.2 Å². The lowest BCUT2D eigenvalue weighted by atomic mass is 10.1. The molecule has 0 spiro atoms. The van der Waals surface area contributed by atoms with Crippen molar-refractivity contribution >= 4 is 93.4 Å². The summed E-state index contributed by atoms with van der Waals surface area (Å²) in [6.45, 7) is 2.84. The second-order valence-corrected chi connectivity index (χ2v) is 15.8. The average molecular weight is 941 g/mol. The van der Waals surface area contributed by atoms with Gasteiger partial charge in [0, 0.05) is 73.9 Å². The number of anilines is 2. The third kappa shape index (κ3) is 17.6. The molecule has 0 amide bonds. The fourth-order valence-corrected chi connectivity index (χ4v) is 7.34. The second kappa shape index (κ2) is 27.9. The molecule has 0 bridgehead atoms. The average Bonchev–Trinajstić information content (AvgIpc) is 3.28. The predicted molar refractivity (Wildman–Crippen MR) is 256 cm³/mol. The summed E-state index contributed by atoms with van der Waals surface area (Å²) in [6.07, 6.45) is 8.46. The maximum Gasteiger partial charge on any atom is 0.311 e. The van der Waals surface area contributed by atoms with Gasteiger partial charge >= 0.3 is 11.9 Å². The summed E-state index contributed by atoms with van der Waals surface area (Å²) in [7, 11) is 2.92. The smallest absolute Gasteiger partial charge is 0.311 e. The van der Waals surface area contributed by atoms with Crippen LogP contribution in [0.5, 0.6) is 23.0 Å². The number of alkyl halides is 4. The van der Waals surface area contributed by atoms with E-state index in [1.54, 1.807) is 48.6 Å². The standard InChI is InChI=1S/C49H54Cl4N2O8/c1-60-46-33-38(15-23-44(46)62-48(58)7-3-5-36-9-17-40(18-10-36)54(29-25-50)30-26-51)13-21-42(56)35-43(57)22-14-39-16-24-45(47(34-39)61-2)63-49(59)8-4-6-37-11-19-41(20-12-37)55(31-27-52)32-28-53/h9-24,33-34H,3-8,25-32,35H2,1-2H3. The zero-order valence-electron chi connectivity index (χ0n) is 35.7. The van der Waals surface area contributed by atoms with Gasteiger partial charge in [-0.05, 0) is 109 Å². The Morgan fingerprint density at radius 1 is 0.508 bits per heavy atom. The number of hydrogen-bond acceptors (Lipinski definition) is 10. The monoisotopic (exact) mass is 938 g/mol. The zero-order valence-corrected chi connectivity index (χ0v) is 38.7. The first-order valence-corrected chi connectivity index (χ1v) is 22.8. The predicted octanol–water partition coefficient (Wildman–Crippen LogP) is 10.4. The van der Waals surface area contributed by atoms with E-state index in [4.69, 9.17) is 65.4 Å². The molecular weight excluding hydrogens is 886 g/mol. The maximum atomic E-state index is 12.7. The summed E-state index contributed by atoms with van der Waals surface area (Å²) in [5.41, 5.74) is 5.55. The number of nitrogens with zero attached hydrogens (tertiary/aromatic N) is 2. The lowest BCUT2D eigenvalue weighted by Crippen LogP contribution is -2.27. The van der Waals surface area contributed by atoms with Crippen molar-refractivity contribution in [3.05, 3.63) is 119 Å². The highest BCUT2D eigenvalue weighted by atomic mass is 35.5. The number of methoxy groups -OCH3 is 2. The van der Waals surface area contributed by atoms with E-state index in [1.807, 2.05) is 48.5 Å². The Hall–Kier alpha value is -5.00. The minimum atomic E-state index is -0.398. The van der Waals surface area contributed by atoms with Crippen LogP contribution in [0.4, 0.5) is 11.4 Å². The van der Waals surface area contributed by atoms with E-state index in [0.29, 0.717) is 98.0 Å². The normalized spacial score (nSPS) is 11.1. The number of aryl methyl sites for hydroxylation is 2. The number of rotatable bonds is 28. The van der Waals surface area contributed by atoms with Gasteiger partial charge in [-0.2, -0.15) is 0 Å². The van der Waals surface area contributed by atoms with Crippen molar-refractivity contribution < 1.29 is 38.1 Å². The molecule has 4 aromatic carbocycles. The van der Waals surface area contributed by atoms with Crippen molar-refractivity contribution in [3.63, 3.8) is 0 Å². The van der Waals surface area contributed by atoms with Crippen LogP contribution >= 0.6 is 46.4 Å². The lowest BCUT2D eigenvalue weighted by Gasteiger charge is -2.23. The fourth-order valence-electron chi connectivity index (χ4n) is 6.53. The highest BCUT2D eigenvalue weighted by Gasteiger charge is 2.14. The van der Waals surface area contributed by atoms with E-state index in [1.165, 1.54) is 26.4 Å².